The normalized spacial score (nSPS) is 10.9. The van der Waals surface area contributed by atoms with Crippen molar-refractivity contribution in [1.82, 2.24) is 9.97 Å². The summed E-state index contributed by atoms with van der Waals surface area (Å²) in [7, 11) is 0. The molecule has 1 aromatic heterocycles. The molecule has 184 valence electrons. The largest absolute Gasteiger partial charge is 0.478 e. The maximum atomic E-state index is 12.1. The summed E-state index contributed by atoms with van der Waals surface area (Å²) in [6.07, 6.45) is 0. The molecular formula is C29H21ClN2O5. The molecule has 4 aromatic carbocycles. The molecule has 8 heteroatoms. The van der Waals surface area contributed by atoms with Crippen molar-refractivity contribution in [2.24, 2.45) is 0 Å². The van der Waals surface area contributed by atoms with E-state index >= 15 is 0 Å². The van der Waals surface area contributed by atoms with Gasteiger partial charge in [-0.15, -0.1) is 0 Å². The molecule has 0 atom stereocenters. The summed E-state index contributed by atoms with van der Waals surface area (Å²) in [4.78, 5) is 31.3. The van der Waals surface area contributed by atoms with Crippen molar-refractivity contribution in [2.45, 2.75) is 6.92 Å². The standard InChI is InChI=1S/C29H21ClN2O5/c1-2-36-28(35)21-13-12-20(14-23(21)27(33)34)37-29-31-25-15-22(24(30)16-26(25)32-29)19-10-8-18(9-11-19)17-6-4-3-5-7-17/h3-16H,2H2,1H3,(H,31,32)(H,33,34). The topological polar surface area (TPSA) is 102 Å². The van der Waals surface area contributed by atoms with E-state index in [2.05, 4.69) is 22.1 Å². The summed E-state index contributed by atoms with van der Waals surface area (Å²) < 4.78 is 10.7. The quantitative estimate of drug-likeness (QED) is 0.223. The Labute approximate surface area is 217 Å². The van der Waals surface area contributed by atoms with Gasteiger partial charge >= 0.3 is 11.9 Å². The Morgan fingerprint density at radius 1 is 0.892 bits per heavy atom. The smallest absolute Gasteiger partial charge is 0.339 e. The highest BCUT2D eigenvalue weighted by molar-refractivity contribution is 6.34. The highest BCUT2D eigenvalue weighted by Gasteiger charge is 2.19. The zero-order valence-electron chi connectivity index (χ0n) is 19.7. The first kappa shape index (κ1) is 24.1. The Morgan fingerprint density at radius 2 is 1.59 bits per heavy atom. The fourth-order valence-electron chi connectivity index (χ4n) is 4.01. The lowest BCUT2D eigenvalue weighted by Crippen LogP contribution is -2.11. The number of aromatic amines is 1. The van der Waals surface area contributed by atoms with Gasteiger partial charge in [-0.2, -0.15) is 4.98 Å². The maximum absolute atomic E-state index is 12.1. The van der Waals surface area contributed by atoms with E-state index in [0.29, 0.717) is 16.1 Å². The number of benzene rings is 4. The predicted octanol–water partition coefficient (Wildman–Crippen LogP) is 7.22. The predicted molar refractivity (Wildman–Crippen MR) is 141 cm³/mol. The number of carbonyl (C=O) groups excluding carboxylic acids is 1. The van der Waals surface area contributed by atoms with Crippen LogP contribution in [0.4, 0.5) is 0 Å². The van der Waals surface area contributed by atoms with Crippen LogP contribution in [-0.4, -0.2) is 33.6 Å². The molecule has 0 radical (unpaired) electrons. The van der Waals surface area contributed by atoms with E-state index in [0.717, 1.165) is 22.3 Å². The number of hydrogen-bond acceptors (Lipinski definition) is 5. The fourth-order valence-corrected chi connectivity index (χ4v) is 4.28. The highest BCUT2D eigenvalue weighted by atomic mass is 35.5. The molecule has 7 nitrogen and oxygen atoms in total. The summed E-state index contributed by atoms with van der Waals surface area (Å²) in [5.74, 6) is -1.78. The van der Waals surface area contributed by atoms with Gasteiger partial charge in [0.05, 0.1) is 33.8 Å². The molecule has 0 saturated carbocycles. The number of nitrogens with one attached hydrogen (secondary N) is 1. The number of ether oxygens (including phenoxy) is 2. The number of halogens is 1. The lowest BCUT2D eigenvalue weighted by molar-refractivity contribution is 0.0514. The van der Waals surface area contributed by atoms with E-state index in [-0.39, 0.29) is 29.5 Å². The van der Waals surface area contributed by atoms with Gasteiger partial charge in [-0.05, 0) is 53.9 Å². The van der Waals surface area contributed by atoms with Crippen molar-refractivity contribution < 1.29 is 24.2 Å². The second-order valence-electron chi connectivity index (χ2n) is 8.17. The van der Waals surface area contributed by atoms with Crippen molar-refractivity contribution in [3.8, 4) is 34.0 Å². The number of nitrogens with zero attached hydrogens (tertiary/aromatic N) is 1. The van der Waals surface area contributed by atoms with E-state index in [1.807, 2.05) is 48.5 Å². The van der Waals surface area contributed by atoms with E-state index in [1.165, 1.54) is 18.2 Å². The van der Waals surface area contributed by atoms with Gasteiger partial charge in [0.1, 0.15) is 5.75 Å². The number of carboxylic acid groups (broad SMARTS) is 1. The molecule has 5 aromatic rings. The van der Waals surface area contributed by atoms with Crippen LogP contribution in [-0.2, 0) is 4.74 Å². The molecule has 0 fully saturated rings. The zero-order chi connectivity index (χ0) is 25.9. The van der Waals surface area contributed by atoms with Crippen LogP contribution in [0.2, 0.25) is 5.02 Å². The number of imidazole rings is 1. The Bertz CT molecular complexity index is 1610. The molecule has 2 N–H and O–H groups in total. The second-order valence-corrected chi connectivity index (χ2v) is 8.58. The van der Waals surface area contributed by atoms with Crippen molar-refractivity contribution >= 4 is 34.6 Å². The third kappa shape index (κ3) is 5.03. The first-order valence-corrected chi connectivity index (χ1v) is 11.9. The van der Waals surface area contributed by atoms with Gasteiger partial charge in [0.15, 0.2) is 0 Å². The van der Waals surface area contributed by atoms with E-state index in [1.54, 1.807) is 13.0 Å². The number of aromatic carboxylic acids is 1. The molecule has 0 saturated heterocycles. The van der Waals surface area contributed by atoms with Crippen LogP contribution in [0.3, 0.4) is 0 Å². The van der Waals surface area contributed by atoms with E-state index < -0.39 is 11.9 Å². The van der Waals surface area contributed by atoms with Crippen LogP contribution >= 0.6 is 11.6 Å². The molecule has 5 rings (SSSR count). The number of esters is 1. The van der Waals surface area contributed by atoms with Gasteiger partial charge < -0.3 is 19.6 Å². The summed E-state index contributed by atoms with van der Waals surface area (Å²) in [6.45, 7) is 1.78. The maximum Gasteiger partial charge on any atom is 0.339 e. The summed E-state index contributed by atoms with van der Waals surface area (Å²) in [5, 5.41) is 10.1. The van der Waals surface area contributed by atoms with Crippen LogP contribution in [0.15, 0.2) is 84.9 Å². The average molecular weight is 513 g/mol. The lowest BCUT2D eigenvalue weighted by atomic mass is 10.00. The van der Waals surface area contributed by atoms with Crippen LogP contribution in [0.5, 0.6) is 11.8 Å². The number of fused-ring (bicyclic) bond motifs is 1. The Balaban J connectivity index is 1.42. The molecule has 1 heterocycles. The molecule has 0 aliphatic heterocycles. The number of hydrogen-bond donors (Lipinski definition) is 2. The van der Waals surface area contributed by atoms with Crippen molar-refractivity contribution in [3.63, 3.8) is 0 Å². The van der Waals surface area contributed by atoms with Crippen molar-refractivity contribution in [3.05, 3.63) is 101 Å². The lowest BCUT2D eigenvalue weighted by Gasteiger charge is -2.08. The molecule has 0 unspecified atom stereocenters. The molecular weight excluding hydrogens is 492 g/mol. The first-order chi connectivity index (χ1) is 17.9. The number of carboxylic acids is 1. The molecule has 0 bridgehead atoms. The number of rotatable bonds is 7. The van der Waals surface area contributed by atoms with Crippen LogP contribution in [0.1, 0.15) is 27.6 Å². The van der Waals surface area contributed by atoms with Crippen LogP contribution in [0.25, 0.3) is 33.3 Å². The first-order valence-electron chi connectivity index (χ1n) is 11.5. The Hall–Kier alpha value is -4.62. The highest BCUT2D eigenvalue weighted by Crippen LogP contribution is 2.34. The average Bonchev–Trinajstić information content (AvgIpc) is 3.29. The number of H-pyrrole nitrogens is 1. The van der Waals surface area contributed by atoms with E-state index in [4.69, 9.17) is 21.1 Å². The summed E-state index contributed by atoms with van der Waals surface area (Å²) >= 11 is 6.59. The number of aromatic nitrogens is 2. The van der Waals surface area contributed by atoms with Gasteiger partial charge in [0, 0.05) is 5.56 Å². The molecule has 0 aliphatic rings. The summed E-state index contributed by atoms with van der Waals surface area (Å²) in [5.41, 5.74) is 5.00. The molecule has 0 amide bonds. The molecule has 0 spiro atoms. The van der Waals surface area contributed by atoms with Crippen molar-refractivity contribution in [2.75, 3.05) is 6.61 Å². The van der Waals surface area contributed by atoms with Gasteiger partial charge in [0.2, 0.25) is 0 Å². The minimum absolute atomic E-state index is 0.0546. The third-order valence-corrected chi connectivity index (χ3v) is 6.10. The zero-order valence-corrected chi connectivity index (χ0v) is 20.5. The van der Waals surface area contributed by atoms with Crippen LogP contribution in [0, 0.1) is 0 Å². The third-order valence-electron chi connectivity index (χ3n) is 5.78. The molecule has 37 heavy (non-hydrogen) atoms. The second kappa shape index (κ2) is 10.2. The van der Waals surface area contributed by atoms with Crippen LogP contribution < -0.4 is 4.74 Å². The monoisotopic (exact) mass is 512 g/mol. The van der Waals surface area contributed by atoms with Gasteiger partial charge in [-0.3, -0.25) is 0 Å². The van der Waals surface area contributed by atoms with Gasteiger partial charge in [-0.1, -0.05) is 66.2 Å². The fraction of sp³-hybridized carbons (Fsp3) is 0.0690. The number of carbonyl (C=O) groups is 2. The van der Waals surface area contributed by atoms with Gasteiger partial charge in [0.25, 0.3) is 6.01 Å². The van der Waals surface area contributed by atoms with E-state index in [9.17, 15) is 14.7 Å². The minimum atomic E-state index is -1.27. The Kier molecular flexibility index (Phi) is 6.62. The SMILES string of the molecule is CCOC(=O)c1ccc(Oc2nc3cc(-c4ccc(-c5ccccc5)cc4)c(Cl)cc3[nH]2)cc1C(=O)O. The Morgan fingerprint density at radius 3 is 2.30 bits per heavy atom. The molecule has 0 aliphatic carbocycles. The minimum Gasteiger partial charge on any atom is -0.478 e. The van der Waals surface area contributed by atoms with Gasteiger partial charge in [-0.25, -0.2) is 9.59 Å². The van der Waals surface area contributed by atoms with Crippen molar-refractivity contribution in [1.29, 1.82) is 0 Å². The summed E-state index contributed by atoms with van der Waals surface area (Å²) in [6, 6.07) is 26.1.